The fourth-order valence-corrected chi connectivity index (χ4v) is 6.51. The summed E-state index contributed by atoms with van der Waals surface area (Å²) in [6.45, 7) is 4.29. The molecule has 5 unspecified atom stereocenters. The number of hydrogen-bond acceptors (Lipinski definition) is 9. The van der Waals surface area contributed by atoms with E-state index in [9.17, 15) is 23.4 Å². The zero-order valence-electron chi connectivity index (χ0n) is 22.1. The quantitative estimate of drug-likeness (QED) is 0.237. The van der Waals surface area contributed by atoms with Crippen LogP contribution in [0.5, 0.6) is 5.75 Å². The molecule has 5 atom stereocenters. The number of hydrogen-bond donors (Lipinski definition) is 4. The lowest BCUT2D eigenvalue weighted by molar-refractivity contribution is -0.0907. The number of fused-ring (bicyclic) bond motifs is 1. The smallest absolute Gasteiger partial charge is 0.407 e. The number of rotatable bonds is 11. The number of nitrogen functional groups attached to an aromatic ring is 1. The van der Waals surface area contributed by atoms with Crippen LogP contribution in [0.2, 0.25) is 0 Å². The SMILES string of the molecule is CC(C)CN(CC(O)C(Cc1ccccc1)NC(=O)OC1COC2OCCC12)S(=O)(=O)c1ccc(N)c(O)c1. The number of nitrogens with two attached hydrogens (primary N) is 1. The lowest BCUT2D eigenvalue weighted by atomic mass is 10.0. The van der Waals surface area contributed by atoms with Gasteiger partial charge in [-0.1, -0.05) is 44.2 Å². The summed E-state index contributed by atoms with van der Waals surface area (Å²) in [6, 6.07) is 12.1. The molecule has 214 valence electrons. The van der Waals surface area contributed by atoms with Gasteiger partial charge in [0, 0.05) is 19.2 Å². The fraction of sp³-hybridized carbons (Fsp3) is 0.519. The van der Waals surface area contributed by atoms with Gasteiger partial charge in [-0.15, -0.1) is 0 Å². The highest BCUT2D eigenvalue weighted by molar-refractivity contribution is 7.89. The summed E-state index contributed by atoms with van der Waals surface area (Å²) < 4.78 is 44.9. The molecular weight excluding hydrogens is 526 g/mol. The maximum atomic E-state index is 13.5. The maximum Gasteiger partial charge on any atom is 0.407 e. The number of phenolic OH excluding ortho intramolecular Hbond substituents is 1. The molecular formula is C27H37N3O8S. The Kier molecular flexibility index (Phi) is 9.34. The summed E-state index contributed by atoms with van der Waals surface area (Å²) in [5.41, 5.74) is 6.55. The molecule has 2 saturated heterocycles. The second-order valence-corrected chi connectivity index (χ2v) is 12.4. The average molecular weight is 564 g/mol. The number of ether oxygens (including phenoxy) is 3. The first-order valence-corrected chi connectivity index (χ1v) is 14.5. The van der Waals surface area contributed by atoms with E-state index in [1.54, 1.807) is 0 Å². The second kappa shape index (κ2) is 12.5. The zero-order valence-corrected chi connectivity index (χ0v) is 22.9. The summed E-state index contributed by atoms with van der Waals surface area (Å²) in [4.78, 5) is 12.8. The molecule has 2 fully saturated rings. The van der Waals surface area contributed by atoms with Crippen LogP contribution in [0.4, 0.5) is 10.5 Å². The summed E-state index contributed by atoms with van der Waals surface area (Å²) in [5.74, 6) is -0.460. The first-order valence-electron chi connectivity index (χ1n) is 13.1. The molecule has 0 saturated carbocycles. The molecule has 2 aromatic rings. The molecule has 11 nitrogen and oxygen atoms in total. The molecule has 0 aliphatic carbocycles. The van der Waals surface area contributed by atoms with Crippen molar-refractivity contribution >= 4 is 21.8 Å². The molecule has 0 aromatic heterocycles. The predicted octanol–water partition coefficient (Wildman–Crippen LogP) is 2.08. The van der Waals surface area contributed by atoms with Crippen molar-refractivity contribution in [3.8, 4) is 5.75 Å². The van der Waals surface area contributed by atoms with Gasteiger partial charge in [-0.3, -0.25) is 0 Å². The van der Waals surface area contributed by atoms with Crippen molar-refractivity contribution in [2.75, 3.05) is 32.0 Å². The summed E-state index contributed by atoms with van der Waals surface area (Å²) >= 11 is 0. The van der Waals surface area contributed by atoms with Crippen molar-refractivity contribution in [3.63, 3.8) is 0 Å². The molecule has 0 bridgehead atoms. The van der Waals surface area contributed by atoms with Crippen LogP contribution >= 0.6 is 0 Å². The van der Waals surface area contributed by atoms with Crippen molar-refractivity contribution in [1.82, 2.24) is 9.62 Å². The first kappa shape index (κ1) is 29.1. The summed E-state index contributed by atoms with van der Waals surface area (Å²) in [5, 5.41) is 24.1. The fourth-order valence-electron chi connectivity index (χ4n) is 4.87. The normalized spacial score (nSPS) is 22.5. The molecule has 12 heteroatoms. The molecule has 4 rings (SSSR count). The van der Waals surface area contributed by atoms with E-state index < -0.39 is 34.4 Å². The van der Waals surface area contributed by atoms with Gasteiger partial charge in [-0.05, 0) is 36.5 Å². The Morgan fingerprint density at radius 2 is 1.92 bits per heavy atom. The Bertz CT molecular complexity index is 1230. The standard InChI is InChI=1S/C27H37N3O8S/c1-17(2)14-30(39(34,35)19-8-9-21(28)23(31)13-19)15-24(32)22(12-18-6-4-3-5-7-18)29-27(33)38-25-16-37-26-20(25)10-11-36-26/h3-9,13,17,20,22,24-26,31-32H,10-12,14-16,28H2,1-2H3,(H,29,33). The van der Waals surface area contributed by atoms with Crippen molar-refractivity contribution < 1.29 is 37.6 Å². The van der Waals surface area contributed by atoms with E-state index in [0.29, 0.717) is 6.61 Å². The molecule has 5 N–H and O–H groups in total. The van der Waals surface area contributed by atoms with Crippen molar-refractivity contribution in [3.05, 3.63) is 54.1 Å². The third kappa shape index (κ3) is 7.20. The minimum Gasteiger partial charge on any atom is -0.506 e. The second-order valence-electron chi connectivity index (χ2n) is 10.4. The Labute approximate surface area is 228 Å². The lowest BCUT2D eigenvalue weighted by Crippen LogP contribution is -2.51. The number of sulfonamides is 1. The summed E-state index contributed by atoms with van der Waals surface area (Å²) in [7, 11) is -4.11. The number of nitrogens with zero attached hydrogens (tertiary/aromatic N) is 1. The third-order valence-corrected chi connectivity index (χ3v) is 8.74. The van der Waals surface area contributed by atoms with E-state index >= 15 is 0 Å². The van der Waals surface area contributed by atoms with E-state index in [4.69, 9.17) is 19.9 Å². The highest BCUT2D eigenvalue weighted by Gasteiger charge is 2.44. The van der Waals surface area contributed by atoms with Crippen LogP contribution in [0, 0.1) is 11.8 Å². The Morgan fingerprint density at radius 1 is 1.18 bits per heavy atom. The molecule has 39 heavy (non-hydrogen) atoms. The van der Waals surface area contributed by atoms with Crippen LogP contribution in [0.15, 0.2) is 53.4 Å². The first-order chi connectivity index (χ1) is 18.5. The van der Waals surface area contributed by atoms with E-state index in [1.807, 2.05) is 44.2 Å². The van der Waals surface area contributed by atoms with E-state index in [2.05, 4.69) is 5.32 Å². The van der Waals surface area contributed by atoms with Gasteiger partial charge >= 0.3 is 6.09 Å². The molecule has 1 amide bonds. The molecule has 2 heterocycles. The van der Waals surface area contributed by atoms with Gasteiger partial charge < -0.3 is 35.5 Å². The van der Waals surface area contributed by atoms with Crippen molar-refractivity contribution in [2.45, 2.75) is 56.1 Å². The van der Waals surface area contributed by atoms with Crippen LogP contribution in [-0.4, -0.2) is 79.9 Å². The number of aromatic hydroxyl groups is 1. The van der Waals surface area contributed by atoms with E-state index in [0.717, 1.165) is 22.4 Å². The van der Waals surface area contributed by atoms with Gasteiger partial charge in [0.2, 0.25) is 10.0 Å². The number of aliphatic hydroxyl groups is 1. The number of alkyl carbamates (subject to hydrolysis) is 1. The lowest BCUT2D eigenvalue weighted by Gasteiger charge is -2.31. The maximum absolute atomic E-state index is 13.5. The molecule has 0 radical (unpaired) electrons. The van der Waals surface area contributed by atoms with Crippen LogP contribution in [-0.2, 0) is 30.7 Å². The van der Waals surface area contributed by atoms with Gasteiger partial charge in [-0.2, -0.15) is 4.31 Å². The highest BCUT2D eigenvalue weighted by atomic mass is 32.2. The molecule has 0 spiro atoms. The van der Waals surface area contributed by atoms with Gasteiger partial charge in [-0.25, -0.2) is 13.2 Å². The predicted molar refractivity (Wildman–Crippen MR) is 143 cm³/mol. The summed E-state index contributed by atoms with van der Waals surface area (Å²) in [6.07, 6.45) is -1.89. The third-order valence-electron chi connectivity index (χ3n) is 6.91. The Hall–Kier alpha value is -2.90. The van der Waals surface area contributed by atoms with E-state index in [-0.39, 0.29) is 60.6 Å². The molecule has 2 aromatic carbocycles. The number of anilines is 1. The largest absolute Gasteiger partial charge is 0.506 e. The van der Waals surface area contributed by atoms with Gasteiger partial charge in [0.15, 0.2) is 6.29 Å². The monoisotopic (exact) mass is 563 g/mol. The number of carbonyl (C=O) groups is 1. The minimum atomic E-state index is -4.11. The van der Waals surface area contributed by atoms with Crippen LogP contribution in [0.3, 0.4) is 0 Å². The Balaban J connectivity index is 1.52. The van der Waals surface area contributed by atoms with Crippen LogP contribution in [0.25, 0.3) is 0 Å². The topological polar surface area (TPSA) is 161 Å². The number of phenols is 1. The Morgan fingerprint density at radius 3 is 2.62 bits per heavy atom. The van der Waals surface area contributed by atoms with Gasteiger partial charge in [0.1, 0.15) is 11.9 Å². The molecule has 2 aliphatic rings. The van der Waals surface area contributed by atoms with Crippen LogP contribution in [0.1, 0.15) is 25.8 Å². The van der Waals surface area contributed by atoms with Gasteiger partial charge in [0.05, 0.1) is 41.9 Å². The molecule has 2 aliphatic heterocycles. The number of aliphatic hydroxyl groups excluding tert-OH is 1. The number of amides is 1. The van der Waals surface area contributed by atoms with Gasteiger partial charge in [0.25, 0.3) is 0 Å². The minimum absolute atomic E-state index is 0.0451. The van der Waals surface area contributed by atoms with E-state index in [1.165, 1.54) is 12.1 Å². The average Bonchev–Trinajstić information content (AvgIpc) is 3.50. The van der Waals surface area contributed by atoms with Crippen molar-refractivity contribution in [2.24, 2.45) is 11.8 Å². The number of nitrogens with one attached hydrogen (secondary N) is 1. The number of carbonyl (C=O) groups excluding carboxylic acids is 1. The van der Waals surface area contributed by atoms with Crippen LogP contribution < -0.4 is 11.1 Å². The highest BCUT2D eigenvalue weighted by Crippen LogP contribution is 2.33. The zero-order chi connectivity index (χ0) is 28.2. The number of benzene rings is 2. The van der Waals surface area contributed by atoms with Crippen molar-refractivity contribution in [1.29, 1.82) is 0 Å².